The van der Waals surface area contributed by atoms with Crippen LogP contribution in [0, 0.1) is 6.92 Å². The number of aliphatic hydroxyl groups excluding tert-OH is 2. The molecule has 1 atom stereocenters. The SMILES string of the molecule is COC(=O)c1ccc(NCC(O)CO)nc1C. The van der Waals surface area contributed by atoms with Crippen molar-refractivity contribution in [1.29, 1.82) is 0 Å². The van der Waals surface area contributed by atoms with Crippen LogP contribution in [0.3, 0.4) is 0 Å². The lowest BCUT2D eigenvalue weighted by Crippen LogP contribution is -2.23. The average molecular weight is 240 g/mol. The summed E-state index contributed by atoms with van der Waals surface area (Å²) in [6.07, 6.45) is -0.836. The average Bonchev–Trinajstić information content (AvgIpc) is 2.35. The highest BCUT2D eigenvalue weighted by atomic mass is 16.5. The van der Waals surface area contributed by atoms with E-state index in [4.69, 9.17) is 10.2 Å². The first kappa shape index (κ1) is 13.4. The standard InChI is InChI=1S/C11H16N2O4/c1-7-9(11(16)17-2)3-4-10(13-7)12-5-8(15)6-14/h3-4,8,14-15H,5-6H2,1-2H3,(H,12,13). The lowest BCUT2D eigenvalue weighted by Gasteiger charge is -2.11. The van der Waals surface area contributed by atoms with Crippen molar-refractivity contribution in [3.8, 4) is 0 Å². The molecule has 6 heteroatoms. The van der Waals surface area contributed by atoms with Crippen LogP contribution in [-0.2, 0) is 4.74 Å². The van der Waals surface area contributed by atoms with Gasteiger partial charge >= 0.3 is 5.97 Å². The van der Waals surface area contributed by atoms with E-state index in [1.807, 2.05) is 0 Å². The third-order valence-corrected chi connectivity index (χ3v) is 2.22. The number of esters is 1. The second-order valence-corrected chi connectivity index (χ2v) is 3.54. The van der Waals surface area contributed by atoms with Crippen molar-refractivity contribution < 1.29 is 19.7 Å². The molecule has 0 bridgehead atoms. The zero-order valence-corrected chi connectivity index (χ0v) is 9.80. The molecular formula is C11H16N2O4. The number of anilines is 1. The summed E-state index contributed by atoms with van der Waals surface area (Å²) in [7, 11) is 1.31. The largest absolute Gasteiger partial charge is 0.465 e. The van der Waals surface area contributed by atoms with Crippen molar-refractivity contribution in [1.82, 2.24) is 4.98 Å². The van der Waals surface area contributed by atoms with Crippen LogP contribution >= 0.6 is 0 Å². The monoisotopic (exact) mass is 240 g/mol. The van der Waals surface area contributed by atoms with Crippen LogP contribution in [0.15, 0.2) is 12.1 Å². The van der Waals surface area contributed by atoms with Crippen LogP contribution in [-0.4, -0.2) is 47.5 Å². The van der Waals surface area contributed by atoms with E-state index in [1.54, 1.807) is 19.1 Å². The molecule has 0 spiro atoms. The number of carbonyl (C=O) groups excluding carboxylic acids is 1. The molecule has 0 saturated heterocycles. The summed E-state index contributed by atoms with van der Waals surface area (Å²) in [5.41, 5.74) is 0.945. The molecule has 0 aliphatic rings. The van der Waals surface area contributed by atoms with E-state index in [2.05, 4.69) is 15.0 Å². The summed E-state index contributed by atoms with van der Waals surface area (Å²) < 4.78 is 4.60. The number of hydrogen-bond donors (Lipinski definition) is 3. The summed E-state index contributed by atoms with van der Waals surface area (Å²) in [4.78, 5) is 15.4. The first-order chi connectivity index (χ1) is 8.08. The number of pyridine rings is 1. The number of methoxy groups -OCH3 is 1. The summed E-state index contributed by atoms with van der Waals surface area (Å²) >= 11 is 0. The molecule has 1 aromatic heterocycles. The third kappa shape index (κ3) is 3.69. The van der Waals surface area contributed by atoms with Gasteiger partial charge in [-0.15, -0.1) is 0 Å². The van der Waals surface area contributed by atoms with Gasteiger partial charge in [0.2, 0.25) is 0 Å². The Kier molecular flexibility index (Phi) is 4.86. The van der Waals surface area contributed by atoms with Crippen LogP contribution in [0.5, 0.6) is 0 Å². The first-order valence-electron chi connectivity index (χ1n) is 5.17. The Morgan fingerprint density at radius 1 is 1.59 bits per heavy atom. The smallest absolute Gasteiger partial charge is 0.339 e. The van der Waals surface area contributed by atoms with Gasteiger partial charge in [0.1, 0.15) is 5.82 Å². The number of nitrogens with zero attached hydrogens (tertiary/aromatic N) is 1. The quantitative estimate of drug-likeness (QED) is 0.625. The molecule has 1 rings (SSSR count). The lowest BCUT2D eigenvalue weighted by molar-refractivity contribution is 0.0599. The van der Waals surface area contributed by atoms with Gasteiger partial charge in [0.25, 0.3) is 0 Å². The number of carbonyl (C=O) groups is 1. The fourth-order valence-corrected chi connectivity index (χ4v) is 1.27. The van der Waals surface area contributed by atoms with Gasteiger partial charge in [0.15, 0.2) is 0 Å². The van der Waals surface area contributed by atoms with Gasteiger partial charge in [-0.3, -0.25) is 0 Å². The molecule has 1 aromatic rings. The third-order valence-electron chi connectivity index (χ3n) is 2.22. The Bertz CT molecular complexity index is 395. The van der Waals surface area contributed by atoms with Crippen molar-refractivity contribution in [3.05, 3.63) is 23.4 Å². The molecule has 0 aromatic carbocycles. The summed E-state index contributed by atoms with van der Waals surface area (Å²) in [6, 6.07) is 3.21. The highest BCUT2D eigenvalue weighted by Crippen LogP contribution is 2.11. The number of hydrogen-bond acceptors (Lipinski definition) is 6. The molecule has 1 unspecified atom stereocenters. The Balaban J connectivity index is 2.72. The zero-order chi connectivity index (χ0) is 12.8. The van der Waals surface area contributed by atoms with E-state index in [-0.39, 0.29) is 13.2 Å². The second-order valence-electron chi connectivity index (χ2n) is 3.54. The Hall–Kier alpha value is -1.66. The van der Waals surface area contributed by atoms with E-state index in [9.17, 15) is 4.79 Å². The molecule has 94 valence electrons. The second kappa shape index (κ2) is 6.17. The Labute approximate surface area is 99.3 Å². The van der Waals surface area contributed by atoms with E-state index < -0.39 is 12.1 Å². The molecule has 0 saturated carbocycles. The fourth-order valence-electron chi connectivity index (χ4n) is 1.27. The zero-order valence-electron chi connectivity index (χ0n) is 9.80. The highest BCUT2D eigenvalue weighted by Gasteiger charge is 2.10. The Morgan fingerprint density at radius 3 is 2.82 bits per heavy atom. The number of aliphatic hydroxyl groups is 2. The topological polar surface area (TPSA) is 91.7 Å². The van der Waals surface area contributed by atoms with Crippen molar-refractivity contribution in [3.63, 3.8) is 0 Å². The Morgan fingerprint density at radius 2 is 2.29 bits per heavy atom. The first-order valence-corrected chi connectivity index (χ1v) is 5.17. The molecule has 0 fully saturated rings. The van der Waals surface area contributed by atoms with Crippen LogP contribution in [0.1, 0.15) is 16.1 Å². The van der Waals surface area contributed by atoms with Crippen molar-refractivity contribution in [2.45, 2.75) is 13.0 Å². The molecule has 0 amide bonds. The minimum Gasteiger partial charge on any atom is -0.465 e. The maximum atomic E-state index is 11.3. The molecule has 17 heavy (non-hydrogen) atoms. The fraction of sp³-hybridized carbons (Fsp3) is 0.455. The lowest BCUT2D eigenvalue weighted by atomic mass is 10.2. The van der Waals surface area contributed by atoms with Gasteiger partial charge in [0.05, 0.1) is 31.1 Å². The van der Waals surface area contributed by atoms with E-state index in [0.717, 1.165) is 0 Å². The van der Waals surface area contributed by atoms with Gasteiger partial charge in [-0.05, 0) is 19.1 Å². The predicted octanol–water partition coefficient (Wildman–Crippen LogP) is -0.0583. The molecule has 1 heterocycles. The number of aromatic nitrogens is 1. The number of nitrogens with one attached hydrogen (secondary N) is 1. The minimum atomic E-state index is -0.836. The number of ether oxygens (including phenoxy) is 1. The molecule has 3 N–H and O–H groups in total. The minimum absolute atomic E-state index is 0.195. The molecule has 0 aliphatic heterocycles. The van der Waals surface area contributed by atoms with Gasteiger partial charge < -0.3 is 20.3 Å². The molecule has 0 aliphatic carbocycles. The van der Waals surface area contributed by atoms with Gasteiger partial charge in [-0.1, -0.05) is 0 Å². The maximum absolute atomic E-state index is 11.3. The summed E-state index contributed by atoms with van der Waals surface area (Å²) in [5.74, 6) is 0.0968. The van der Waals surface area contributed by atoms with Crippen molar-refractivity contribution >= 4 is 11.8 Å². The summed E-state index contributed by atoms with van der Waals surface area (Å²) in [6.45, 7) is 1.58. The van der Waals surface area contributed by atoms with Crippen molar-refractivity contribution in [2.75, 3.05) is 25.6 Å². The van der Waals surface area contributed by atoms with Crippen LogP contribution < -0.4 is 5.32 Å². The molecule has 0 radical (unpaired) electrons. The normalized spacial score (nSPS) is 12.0. The highest BCUT2D eigenvalue weighted by molar-refractivity contribution is 5.90. The van der Waals surface area contributed by atoms with Crippen LogP contribution in [0.25, 0.3) is 0 Å². The van der Waals surface area contributed by atoms with Crippen LogP contribution in [0.4, 0.5) is 5.82 Å². The van der Waals surface area contributed by atoms with Crippen molar-refractivity contribution in [2.24, 2.45) is 0 Å². The van der Waals surface area contributed by atoms with Gasteiger partial charge in [-0.25, -0.2) is 9.78 Å². The van der Waals surface area contributed by atoms with Gasteiger partial charge in [-0.2, -0.15) is 0 Å². The number of aryl methyl sites for hydroxylation is 1. The van der Waals surface area contributed by atoms with Gasteiger partial charge in [0, 0.05) is 6.54 Å². The maximum Gasteiger partial charge on any atom is 0.339 e. The number of rotatable bonds is 5. The van der Waals surface area contributed by atoms with E-state index in [1.165, 1.54) is 7.11 Å². The molecule has 6 nitrogen and oxygen atoms in total. The summed E-state index contributed by atoms with van der Waals surface area (Å²) in [5, 5.41) is 20.6. The van der Waals surface area contributed by atoms with Crippen LogP contribution in [0.2, 0.25) is 0 Å². The molecular weight excluding hydrogens is 224 g/mol. The predicted molar refractivity (Wildman–Crippen MR) is 61.9 cm³/mol. The van der Waals surface area contributed by atoms with E-state index >= 15 is 0 Å². The van der Waals surface area contributed by atoms with E-state index in [0.29, 0.717) is 17.1 Å².